The van der Waals surface area contributed by atoms with Crippen molar-refractivity contribution in [3.63, 3.8) is 0 Å². The molecule has 0 N–H and O–H groups in total. The van der Waals surface area contributed by atoms with E-state index in [1.54, 1.807) is 0 Å². The maximum Gasteiger partial charge on any atom is 0.0974 e. The number of pyridine rings is 6. The molecule has 0 aliphatic rings. The zero-order valence-corrected chi connectivity index (χ0v) is 83.5. The highest BCUT2D eigenvalue weighted by Crippen LogP contribution is 2.47. The molecule has 0 saturated heterocycles. The zero-order chi connectivity index (χ0) is 100. The Labute approximate surface area is 873 Å². The summed E-state index contributed by atoms with van der Waals surface area (Å²) in [5, 5.41) is 16.8. The highest BCUT2D eigenvalue weighted by Gasteiger charge is 2.28. The van der Waals surface area contributed by atoms with Gasteiger partial charge in [0, 0.05) is 80.8 Å². The number of benzene rings is 21. The molecule has 0 bridgehead atoms. The van der Waals surface area contributed by atoms with E-state index in [0.29, 0.717) is 0 Å². The highest BCUT2D eigenvalue weighted by molar-refractivity contribution is 6.16. The smallest absolute Gasteiger partial charge is 0.0974 e. The minimum Gasteiger partial charge on any atom is -0.250 e. The molecule has 710 valence electrons. The van der Waals surface area contributed by atoms with Gasteiger partial charge in [-0.25, -0.2) is 9.97 Å². The lowest BCUT2D eigenvalue weighted by Crippen LogP contribution is -2.08. The second kappa shape index (κ2) is 41.3. The molecule has 0 atom stereocenters. The Morgan fingerprint density at radius 2 is 0.360 bits per heavy atom. The van der Waals surface area contributed by atoms with Crippen molar-refractivity contribution in [1.82, 2.24) is 29.9 Å². The minimum absolute atomic E-state index is 0.0670. The van der Waals surface area contributed by atoms with E-state index in [1.807, 2.05) is 0 Å². The van der Waals surface area contributed by atoms with Gasteiger partial charge in [-0.15, -0.1) is 0 Å². The molecule has 0 aliphatic carbocycles. The van der Waals surface area contributed by atoms with Gasteiger partial charge in [-0.1, -0.05) is 497 Å². The fraction of sp³-hybridized carbons (Fsp3) is 0.0556. The predicted octanol–water partition coefficient (Wildman–Crippen LogP) is 36.3. The van der Waals surface area contributed by atoms with Crippen LogP contribution in [-0.2, 0) is 25.7 Å². The highest BCUT2D eigenvalue weighted by atomic mass is 14.8. The first kappa shape index (κ1) is 92.3. The van der Waals surface area contributed by atoms with Crippen molar-refractivity contribution >= 4 is 109 Å². The molecular weight excluding hydrogens is 1810 g/mol. The Morgan fingerprint density at radius 3 is 0.627 bits per heavy atom. The number of aromatic nitrogens is 6. The molecule has 150 heavy (non-hydrogen) atoms. The molecule has 6 heterocycles. The maximum atomic E-state index is 5.66. The Hall–Kier alpha value is -18.9. The molecule has 6 nitrogen and oxygen atoms in total. The summed E-state index contributed by atoms with van der Waals surface area (Å²) >= 11 is 0. The van der Waals surface area contributed by atoms with Crippen molar-refractivity contribution in [1.29, 1.82) is 0 Å². The summed E-state index contributed by atoms with van der Waals surface area (Å²) in [5.74, 6) is -0.134. The average Bonchev–Trinajstić information content (AvgIpc) is 0.735. The predicted molar refractivity (Wildman–Crippen MR) is 628 cm³/mol. The number of hydrogen-bond acceptors (Lipinski definition) is 6. The van der Waals surface area contributed by atoms with Crippen LogP contribution in [-0.4, -0.2) is 29.9 Å². The van der Waals surface area contributed by atoms with Crippen LogP contribution in [0, 0.1) is 13.8 Å². The summed E-state index contributed by atoms with van der Waals surface area (Å²) in [6, 6.07) is 191. The van der Waals surface area contributed by atoms with E-state index < -0.39 is 0 Å². The van der Waals surface area contributed by atoms with Crippen LogP contribution in [0.25, 0.3) is 175 Å². The fourth-order valence-electron chi connectivity index (χ4n) is 22.8. The second-order valence-corrected chi connectivity index (χ2v) is 39.3. The molecule has 0 aliphatic heterocycles. The first-order valence-corrected chi connectivity index (χ1v) is 51.9. The monoisotopic (exact) mass is 1920 g/mol. The molecule has 6 aromatic heterocycles. The lowest BCUT2D eigenvalue weighted by molar-refractivity contribution is 0.924. The largest absolute Gasteiger partial charge is 0.250 e. The van der Waals surface area contributed by atoms with Gasteiger partial charge >= 0.3 is 0 Å². The van der Waals surface area contributed by atoms with E-state index >= 15 is 0 Å². The SMILES string of the molecule is Cc1cccc2cccc(Cc3cc(-c4ccccc4)c4ccc5c(-c6ccccc6)cc(Cc6cccc7cccc(C)c67)nc5c4n3)c12.c1ccc(-c2cc(C(c3ccccc3)c3ccccc3)nc3c2ccc2c(-c4ccccc4)cc(C(c4ccccc4)c4ccccc4)nc23)cc1.c1ccc(-c2cc(Cc3cccc4ccccc34)nc3c2ccc2c(-c4ccccc4)cc(Cc4cccc5ccccc45)nc23)cc1. The number of hydrogen-bond donors (Lipinski definition) is 0. The van der Waals surface area contributed by atoms with Crippen molar-refractivity contribution < 1.29 is 0 Å². The van der Waals surface area contributed by atoms with Gasteiger partial charge in [0.05, 0.1) is 56.3 Å². The fourth-order valence-corrected chi connectivity index (χ4v) is 22.8. The molecule has 27 aromatic rings. The van der Waals surface area contributed by atoms with Gasteiger partial charge in [0.1, 0.15) is 0 Å². The molecular formula is C144H104N6. The van der Waals surface area contributed by atoms with Crippen molar-refractivity contribution in [2.24, 2.45) is 0 Å². The summed E-state index contributed by atoms with van der Waals surface area (Å²) in [5.41, 5.74) is 38.3. The van der Waals surface area contributed by atoms with Crippen LogP contribution >= 0.6 is 0 Å². The quantitative estimate of drug-likeness (QED) is 0.0708. The van der Waals surface area contributed by atoms with Crippen LogP contribution in [0.3, 0.4) is 0 Å². The topological polar surface area (TPSA) is 77.3 Å². The Bertz CT molecular complexity index is 9020. The van der Waals surface area contributed by atoms with Crippen molar-refractivity contribution in [2.45, 2.75) is 51.4 Å². The molecule has 0 radical (unpaired) electrons. The van der Waals surface area contributed by atoms with Gasteiger partial charge in [-0.2, -0.15) is 0 Å². The van der Waals surface area contributed by atoms with Crippen LogP contribution in [0.1, 0.15) is 102 Å². The van der Waals surface area contributed by atoms with Gasteiger partial charge in [0.25, 0.3) is 0 Å². The van der Waals surface area contributed by atoms with Gasteiger partial charge in [0.2, 0.25) is 0 Å². The van der Waals surface area contributed by atoms with Crippen LogP contribution in [0.5, 0.6) is 0 Å². The second-order valence-electron chi connectivity index (χ2n) is 39.3. The molecule has 0 unspecified atom stereocenters. The third-order valence-electron chi connectivity index (χ3n) is 29.8. The lowest BCUT2D eigenvalue weighted by Gasteiger charge is -2.22. The van der Waals surface area contributed by atoms with E-state index in [9.17, 15) is 0 Å². The van der Waals surface area contributed by atoms with Crippen molar-refractivity contribution in [2.75, 3.05) is 0 Å². The first-order valence-electron chi connectivity index (χ1n) is 51.9. The molecule has 0 spiro atoms. The number of rotatable bonds is 20. The van der Waals surface area contributed by atoms with E-state index in [0.717, 1.165) is 148 Å². The lowest BCUT2D eigenvalue weighted by atomic mass is 9.85. The Morgan fingerprint density at radius 1 is 0.160 bits per heavy atom. The molecule has 0 fully saturated rings. The van der Waals surface area contributed by atoms with Crippen molar-refractivity contribution in [3.8, 4) is 66.8 Å². The number of aryl methyl sites for hydroxylation is 2. The van der Waals surface area contributed by atoms with Crippen LogP contribution in [0.4, 0.5) is 0 Å². The van der Waals surface area contributed by atoms with Crippen LogP contribution in [0.2, 0.25) is 0 Å². The van der Waals surface area contributed by atoms with Gasteiger partial charge in [-0.05, 0) is 216 Å². The molecule has 21 aromatic carbocycles. The molecule has 0 amide bonds. The van der Waals surface area contributed by atoms with Crippen LogP contribution in [0.15, 0.2) is 534 Å². The molecule has 0 saturated carbocycles. The zero-order valence-electron chi connectivity index (χ0n) is 83.5. The molecule has 27 rings (SSSR count). The number of fused-ring (bicyclic) bond motifs is 13. The number of nitrogens with zero attached hydrogens (tertiary/aromatic N) is 6. The summed E-state index contributed by atoms with van der Waals surface area (Å²) in [6.07, 6.45) is 2.92. The molecule has 6 heteroatoms. The van der Waals surface area contributed by atoms with Gasteiger partial charge in [-0.3, -0.25) is 19.9 Å². The van der Waals surface area contributed by atoms with Crippen LogP contribution < -0.4 is 0 Å². The van der Waals surface area contributed by atoms with Gasteiger partial charge < -0.3 is 0 Å². The van der Waals surface area contributed by atoms with Gasteiger partial charge in [0.15, 0.2) is 0 Å². The van der Waals surface area contributed by atoms with Crippen molar-refractivity contribution in [3.05, 3.63) is 624 Å². The Balaban J connectivity index is 0.000000117. The minimum atomic E-state index is -0.0670. The average molecular weight is 1920 g/mol. The summed E-state index contributed by atoms with van der Waals surface area (Å²) < 4.78 is 0. The summed E-state index contributed by atoms with van der Waals surface area (Å²) in [7, 11) is 0. The van der Waals surface area contributed by atoms with E-state index in [1.165, 1.54) is 143 Å². The first-order chi connectivity index (χ1) is 74.2. The maximum absolute atomic E-state index is 5.66. The summed E-state index contributed by atoms with van der Waals surface area (Å²) in [6.45, 7) is 4.41. The summed E-state index contributed by atoms with van der Waals surface area (Å²) in [4.78, 5) is 33.3. The third kappa shape index (κ3) is 18.5. The van der Waals surface area contributed by atoms with E-state index in [2.05, 4.69) is 548 Å². The normalized spacial score (nSPS) is 11.5. The third-order valence-corrected chi connectivity index (χ3v) is 29.8. The van der Waals surface area contributed by atoms with E-state index in [4.69, 9.17) is 29.9 Å². The van der Waals surface area contributed by atoms with E-state index in [-0.39, 0.29) is 11.8 Å². The Kier molecular flexibility index (Phi) is 25.4. The standard InChI is InChI=1S/C50H36N2.C48H36N2.C46H32N2/c1-7-19-35(20-8-1)43-33-45(47(37-23-11-3-12-24-37)38-25-13-4-14-26-38)51-49-41(43)31-32-42-44(36-21-9-2-10-22-36)34-46(52-50(42)49)48(39-27-15-5-16-28-39)40-29-17-6-18-30-40;1-31-13-9-19-35-21-11-23-37(45(31)35)27-39-29-43(33-15-5-3-6-16-33)41-25-26-42-44(34-17-7-4-8-18-34)30-40(50-48(42)47(41)49-39)28-38-24-12-22-36-20-10-14-32(2)46(36)38;1-3-13-33(14-4-1)43-29-37(27-35-21-11-19-31-17-7-9-23-39(31)35)47-45-41(43)25-26-42-44(34-15-5-2-6-16-34)30-38(48-46(42)45)28-36-22-12-20-32-18-8-10-24-40(32)36/h1-34,47-48H;3-26,29-30H,27-28H2,1-2H3;1-26,29-30H,27-28H2.